The molecular formula is C14H23N3O2. The number of hydrogen-bond donors (Lipinski definition) is 3. The van der Waals surface area contributed by atoms with Crippen LogP contribution in [0.1, 0.15) is 45.4 Å². The molecule has 5 heteroatoms. The van der Waals surface area contributed by atoms with Gasteiger partial charge in [0.1, 0.15) is 11.6 Å². The van der Waals surface area contributed by atoms with Gasteiger partial charge >= 0.3 is 0 Å². The van der Waals surface area contributed by atoms with Crippen molar-refractivity contribution in [1.82, 2.24) is 9.97 Å². The Morgan fingerprint density at radius 1 is 1.53 bits per heavy atom. The minimum atomic E-state index is -0.664. The van der Waals surface area contributed by atoms with Gasteiger partial charge in [0.25, 0.3) is 5.56 Å². The molecule has 1 aromatic rings. The highest BCUT2D eigenvalue weighted by molar-refractivity contribution is 5.33. The van der Waals surface area contributed by atoms with Crippen LogP contribution in [0.3, 0.4) is 0 Å². The van der Waals surface area contributed by atoms with Crippen molar-refractivity contribution >= 4 is 5.82 Å². The van der Waals surface area contributed by atoms with Gasteiger partial charge in [-0.05, 0) is 31.6 Å². The van der Waals surface area contributed by atoms with Crippen molar-refractivity contribution < 1.29 is 5.11 Å². The molecule has 0 spiro atoms. The second-order valence-corrected chi connectivity index (χ2v) is 5.69. The third-order valence-corrected chi connectivity index (χ3v) is 3.93. The fourth-order valence-electron chi connectivity index (χ4n) is 2.50. The third-order valence-electron chi connectivity index (χ3n) is 3.93. The molecular weight excluding hydrogens is 242 g/mol. The summed E-state index contributed by atoms with van der Waals surface area (Å²) in [6.07, 6.45) is 4.42. The van der Waals surface area contributed by atoms with Gasteiger partial charge in [0, 0.05) is 19.0 Å². The maximum atomic E-state index is 11.4. The molecule has 2 rings (SSSR count). The van der Waals surface area contributed by atoms with Gasteiger partial charge in [-0.2, -0.15) is 0 Å². The van der Waals surface area contributed by atoms with E-state index >= 15 is 0 Å². The summed E-state index contributed by atoms with van der Waals surface area (Å²) in [7, 11) is 0. The minimum Gasteiger partial charge on any atom is -0.388 e. The molecule has 106 valence electrons. The maximum Gasteiger partial charge on any atom is 0.252 e. The maximum absolute atomic E-state index is 11.4. The highest BCUT2D eigenvalue weighted by Crippen LogP contribution is 2.31. The van der Waals surface area contributed by atoms with Crippen LogP contribution in [0.2, 0.25) is 0 Å². The highest BCUT2D eigenvalue weighted by atomic mass is 16.3. The van der Waals surface area contributed by atoms with Crippen LogP contribution in [0, 0.1) is 5.92 Å². The average Bonchev–Trinajstić information content (AvgIpc) is 2.40. The summed E-state index contributed by atoms with van der Waals surface area (Å²) in [5.41, 5.74) is -0.818. The summed E-state index contributed by atoms with van der Waals surface area (Å²) in [6.45, 7) is 4.62. The van der Waals surface area contributed by atoms with Gasteiger partial charge in [-0.25, -0.2) is 4.98 Å². The van der Waals surface area contributed by atoms with Crippen molar-refractivity contribution in [3.05, 3.63) is 22.2 Å². The fourth-order valence-corrected chi connectivity index (χ4v) is 2.50. The van der Waals surface area contributed by atoms with Gasteiger partial charge < -0.3 is 15.4 Å². The molecule has 0 radical (unpaired) electrons. The predicted octanol–water partition coefficient (Wildman–Crippen LogP) is 1.69. The minimum absolute atomic E-state index is 0.154. The molecule has 0 aliphatic heterocycles. The number of nitrogens with one attached hydrogen (secondary N) is 2. The molecule has 0 unspecified atom stereocenters. The lowest BCUT2D eigenvalue weighted by Crippen LogP contribution is -2.40. The summed E-state index contributed by atoms with van der Waals surface area (Å²) in [4.78, 5) is 18.4. The van der Waals surface area contributed by atoms with Crippen LogP contribution in [-0.2, 0) is 6.42 Å². The van der Waals surface area contributed by atoms with Crippen LogP contribution < -0.4 is 10.9 Å². The zero-order valence-electron chi connectivity index (χ0n) is 11.7. The van der Waals surface area contributed by atoms with Crippen molar-refractivity contribution in [2.45, 2.75) is 51.6 Å². The Morgan fingerprint density at radius 3 is 2.84 bits per heavy atom. The smallest absolute Gasteiger partial charge is 0.252 e. The Kier molecular flexibility index (Phi) is 4.24. The van der Waals surface area contributed by atoms with Crippen molar-refractivity contribution in [2.75, 3.05) is 11.9 Å². The zero-order chi connectivity index (χ0) is 13.9. The molecule has 0 aromatic carbocycles. The standard InChI is InChI=1S/C14H23N3O2/c1-3-11-16-12(8-13(18)17-11)15-9-14(19)6-4-10(2)5-7-14/h8,10,19H,3-7,9H2,1-2H3,(H2,15,16,17,18). The Morgan fingerprint density at radius 2 is 2.21 bits per heavy atom. The molecule has 0 atom stereocenters. The van der Waals surface area contributed by atoms with Gasteiger partial charge in [-0.3, -0.25) is 4.79 Å². The monoisotopic (exact) mass is 265 g/mol. The lowest BCUT2D eigenvalue weighted by Gasteiger charge is -2.35. The number of anilines is 1. The van der Waals surface area contributed by atoms with Crippen molar-refractivity contribution in [3.63, 3.8) is 0 Å². The van der Waals surface area contributed by atoms with Crippen LogP contribution in [0.15, 0.2) is 10.9 Å². The first-order chi connectivity index (χ1) is 9.00. The molecule has 1 fully saturated rings. The number of aromatic amines is 1. The SMILES string of the molecule is CCc1nc(NCC2(O)CCC(C)CC2)cc(=O)[nH]1. The van der Waals surface area contributed by atoms with Crippen LogP contribution in [0.5, 0.6) is 0 Å². The molecule has 1 aliphatic rings. The topological polar surface area (TPSA) is 78.0 Å². The number of nitrogens with zero attached hydrogens (tertiary/aromatic N) is 1. The molecule has 3 N–H and O–H groups in total. The van der Waals surface area contributed by atoms with E-state index in [-0.39, 0.29) is 5.56 Å². The largest absolute Gasteiger partial charge is 0.388 e. The Balaban J connectivity index is 1.98. The van der Waals surface area contributed by atoms with E-state index in [0.717, 1.165) is 25.7 Å². The van der Waals surface area contributed by atoms with E-state index in [0.29, 0.717) is 30.5 Å². The van der Waals surface area contributed by atoms with Gasteiger partial charge in [0.15, 0.2) is 0 Å². The van der Waals surface area contributed by atoms with Gasteiger partial charge in [-0.1, -0.05) is 13.8 Å². The van der Waals surface area contributed by atoms with E-state index in [1.54, 1.807) is 0 Å². The summed E-state index contributed by atoms with van der Waals surface area (Å²) in [6, 6.07) is 1.44. The Bertz CT molecular complexity index is 476. The van der Waals surface area contributed by atoms with E-state index in [9.17, 15) is 9.90 Å². The van der Waals surface area contributed by atoms with Crippen molar-refractivity contribution in [3.8, 4) is 0 Å². The van der Waals surface area contributed by atoms with E-state index in [2.05, 4.69) is 22.2 Å². The molecule has 1 aliphatic carbocycles. The number of H-pyrrole nitrogens is 1. The van der Waals surface area contributed by atoms with Gasteiger partial charge in [0.05, 0.1) is 5.60 Å². The van der Waals surface area contributed by atoms with Crippen LogP contribution >= 0.6 is 0 Å². The average molecular weight is 265 g/mol. The van der Waals surface area contributed by atoms with E-state index in [1.807, 2.05) is 6.92 Å². The number of rotatable bonds is 4. The lowest BCUT2D eigenvalue weighted by molar-refractivity contribution is 0.00494. The number of aryl methyl sites for hydroxylation is 1. The fraction of sp³-hybridized carbons (Fsp3) is 0.714. The van der Waals surface area contributed by atoms with E-state index < -0.39 is 5.60 Å². The number of aliphatic hydroxyl groups is 1. The first kappa shape index (κ1) is 14.1. The first-order valence-electron chi connectivity index (χ1n) is 7.07. The summed E-state index contributed by atoms with van der Waals surface area (Å²) >= 11 is 0. The molecule has 0 saturated heterocycles. The van der Waals surface area contributed by atoms with Gasteiger partial charge in [0.2, 0.25) is 0 Å². The van der Waals surface area contributed by atoms with Crippen molar-refractivity contribution in [1.29, 1.82) is 0 Å². The Labute approximate surface area is 113 Å². The van der Waals surface area contributed by atoms with Crippen LogP contribution in [0.25, 0.3) is 0 Å². The predicted molar refractivity (Wildman–Crippen MR) is 75.3 cm³/mol. The molecule has 1 saturated carbocycles. The second-order valence-electron chi connectivity index (χ2n) is 5.69. The molecule has 1 heterocycles. The summed E-state index contributed by atoms with van der Waals surface area (Å²) in [5, 5.41) is 13.6. The Hall–Kier alpha value is -1.36. The molecule has 1 aromatic heterocycles. The molecule has 0 amide bonds. The lowest BCUT2D eigenvalue weighted by atomic mass is 9.79. The molecule has 0 bridgehead atoms. The summed E-state index contributed by atoms with van der Waals surface area (Å²) in [5.74, 6) is 1.91. The quantitative estimate of drug-likeness (QED) is 0.774. The van der Waals surface area contributed by atoms with Crippen LogP contribution in [0.4, 0.5) is 5.82 Å². The number of hydrogen-bond acceptors (Lipinski definition) is 4. The normalized spacial score (nSPS) is 27.2. The molecule has 19 heavy (non-hydrogen) atoms. The van der Waals surface area contributed by atoms with Crippen LogP contribution in [-0.4, -0.2) is 27.2 Å². The second kappa shape index (κ2) is 5.74. The highest BCUT2D eigenvalue weighted by Gasteiger charge is 2.31. The zero-order valence-corrected chi connectivity index (χ0v) is 11.7. The van der Waals surface area contributed by atoms with E-state index in [1.165, 1.54) is 6.07 Å². The van der Waals surface area contributed by atoms with E-state index in [4.69, 9.17) is 0 Å². The molecule has 5 nitrogen and oxygen atoms in total. The summed E-state index contributed by atoms with van der Waals surface area (Å²) < 4.78 is 0. The van der Waals surface area contributed by atoms with Crippen molar-refractivity contribution in [2.24, 2.45) is 5.92 Å². The first-order valence-corrected chi connectivity index (χ1v) is 7.07. The third kappa shape index (κ3) is 3.80. The number of aromatic nitrogens is 2. The van der Waals surface area contributed by atoms with Gasteiger partial charge in [-0.15, -0.1) is 0 Å².